The first-order valence-electron chi connectivity index (χ1n) is 5.04. The molecule has 0 aromatic rings. The number of hydrogen-bond donors (Lipinski definition) is 0. The third-order valence-electron chi connectivity index (χ3n) is 1.75. The Morgan fingerprint density at radius 3 is 2.38 bits per heavy atom. The van der Waals surface area contributed by atoms with Crippen molar-refractivity contribution in [2.24, 2.45) is 9.98 Å². The Balaban J connectivity index is 3.29. The van der Waals surface area contributed by atoms with Gasteiger partial charge in [-0.05, 0) is 12.8 Å². The molecule has 0 bridgehead atoms. The number of aliphatic imine (C=N–C) groups is 2. The first-order valence-corrected chi connectivity index (χ1v) is 5.04. The minimum absolute atomic E-state index is 0.115. The van der Waals surface area contributed by atoms with Crippen molar-refractivity contribution < 1.29 is 19.1 Å². The molecule has 0 aliphatic heterocycles. The average molecular weight is 226 g/mol. The van der Waals surface area contributed by atoms with Gasteiger partial charge in [-0.15, -0.1) is 0 Å². The van der Waals surface area contributed by atoms with E-state index in [4.69, 9.17) is 4.74 Å². The quantitative estimate of drug-likeness (QED) is 0.251. The van der Waals surface area contributed by atoms with Crippen LogP contribution in [0.2, 0.25) is 0 Å². The fourth-order valence-electron chi connectivity index (χ4n) is 1.01. The smallest absolute Gasteiger partial charge is 0.305 e. The minimum atomic E-state index is -0.306. The molecule has 16 heavy (non-hydrogen) atoms. The highest BCUT2D eigenvalue weighted by atomic mass is 16.5. The van der Waals surface area contributed by atoms with Gasteiger partial charge in [0.1, 0.15) is 6.61 Å². The highest BCUT2D eigenvalue weighted by Crippen LogP contribution is 2.01. The summed E-state index contributed by atoms with van der Waals surface area (Å²) in [5, 5.41) is 0. The predicted molar refractivity (Wildman–Crippen MR) is 55.4 cm³/mol. The lowest BCUT2D eigenvalue weighted by atomic mass is 10.2. The van der Waals surface area contributed by atoms with Crippen LogP contribution in [0.15, 0.2) is 9.98 Å². The molecular weight excluding hydrogens is 212 g/mol. The molecule has 0 saturated carbocycles. The van der Waals surface area contributed by atoms with Crippen molar-refractivity contribution in [1.82, 2.24) is 0 Å². The normalized spacial score (nSPS) is 8.75. The van der Waals surface area contributed by atoms with Gasteiger partial charge < -0.3 is 4.74 Å². The number of isocyanates is 2. The van der Waals surface area contributed by atoms with E-state index < -0.39 is 0 Å². The SMILES string of the molecule is O=C=NCCCCCC(=O)OCCN=C=O. The van der Waals surface area contributed by atoms with Gasteiger partial charge in [-0.2, -0.15) is 0 Å². The molecule has 0 aromatic heterocycles. The zero-order valence-corrected chi connectivity index (χ0v) is 8.98. The number of nitrogens with zero attached hydrogens (tertiary/aromatic N) is 2. The van der Waals surface area contributed by atoms with Crippen LogP contribution in [-0.2, 0) is 19.1 Å². The maximum absolute atomic E-state index is 11.0. The van der Waals surface area contributed by atoms with Crippen LogP contribution in [0, 0.1) is 0 Å². The van der Waals surface area contributed by atoms with Crippen molar-refractivity contribution in [2.45, 2.75) is 25.7 Å². The molecule has 0 aromatic carbocycles. The van der Waals surface area contributed by atoms with Crippen LogP contribution in [0.25, 0.3) is 0 Å². The molecule has 6 heteroatoms. The van der Waals surface area contributed by atoms with Crippen LogP contribution in [0.3, 0.4) is 0 Å². The van der Waals surface area contributed by atoms with Crippen molar-refractivity contribution in [3.05, 3.63) is 0 Å². The fraction of sp³-hybridized carbons (Fsp3) is 0.700. The van der Waals surface area contributed by atoms with E-state index in [-0.39, 0.29) is 19.1 Å². The van der Waals surface area contributed by atoms with Gasteiger partial charge in [0, 0.05) is 6.42 Å². The van der Waals surface area contributed by atoms with Crippen molar-refractivity contribution in [2.75, 3.05) is 19.7 Å². The number of carbonyl (C=O) groups excluding carboxylic acids is 3. The van der Waals surface area contributed by atoms with E-state index in [9.17, 15) is 14.4 Å². The zero-order chi connectivity index (χ0) is 12.1. The van der Waals surface area contributed by atoms with E-state index in [2.05, 4.69) is 9.98 Å². The maximum atomic E-state index is 11.0. The summed E-state index contributed by atoms with van der Waals surface area (Å²) in [6, 6.07) is 0. The number of esters is 1. The zero-order valence-electron chi connectivity index (χ0n) is 8.98. The molecule has 0 atom stereocenters. The lowest BCUT2D eigenvalue weighted by Crippen LogP contribution is -2.07. The van der Waals surface area contributed by atoms with Crippen LogP contribution < -0.4 is 0 Å². The molecule has 0 N–H and O–H groups in total. The third kappa shape index (κ3) is 10.3. The Morgan fingerprint density at radius 2 is 1.69 bits per heavy atom. The van der Waals surface area contributed by atoms with E-state index >= 15 is 0 Å². The summed E-state index contributed by atoms with van der Waals surface area (Å²) in [5.41, 5.74) is 0. The lowest BCUT2D eigenvalue weighted by Gasteiger charge is -2.01. The summed E-state index contributed by atoms with van der Waals surface area (Å²) in [7, 11) is 0. The molecule has 0 rings (SSSR count). The first-order chi connectivity index (χ1) is 7.81. The Bertz CT molecular complexity index is 291. The van der Waals surface area contributed by atoms with E-state index in [1.807, 2.05) is 0 Å². The maximum Gasteiger partial charge on any atom is 0.305 e. The molecule has 0 aliphatic rings. The average Bonchev–Trinajstić information content (AvgIpc) is 2.29. The van der Waals surface area contributed by atoms with Gasteiger partial charge in [0.15, 0.2) is 0 Å². The molecule has 0 radical (unpaired) electrons. The van der Waals surface area contributed by atoms with Crippen LogP contribution >= 0.6 is 0 Å². The van der Waals surface area contributed by atoms with Crippen LogP contribution in [0.4, 0.5) is 0 Å². The monoisotopic (exact) mass is 226 g/mol. The molecule has 0 amide bonds. The minimum Gasteiger partial charge on any atom is -0.464 e. The van der Waals surface area contributed by atoms with Crippen LogP contribution in [0.5, 0.6) is 0 Å². The van der Waals surface area contributed by atoms with Crippen molar-refractivity contribution >= 4 is 18.1 Å². The van der Waals surface area contributed by atoms with Crippen molar-refractivity contribution in [3.8, 4) is 0 Å². The summed E-state index contributed by atoms with van der Waals surface area (Å²) in [6.07, 6.45) is 5.41. The third-order valence-corrected chi connectivity index (χ3v) is 1.75. The second-order valence-electron chi connectivity index (χ2n) is 2.98. The van der Waals surface area contributed by atoms with Gasteiger partial charge in [-0.25, -0.2) is 19.6 Å². The van der Waals surface area contributed by atoms with Gasteiger partial charge in [-0.1, -0.05) is 6.42 Å². The van der Waals surface area contributed by atoms with Crippen molar-refractivity contribution in [1.29, 1.82) is 0 Å². The van der Waals surface area contributed by atoms with Gasteiger partial charge >= 0.3 is 5.97 Å². The number of hydrogen-bond acceptors (Lipinski definition) is 6. The second kappa shape index (κ2) is 11.3. The number of unbranched alkanes of at least 4 members (excludes halogenated alkanes) is 2. The summed E-state index contributed by atoms with van der Waals surface area (Å²) in [4.78, 5) is 37.1. The van der Waals surface area contributed by atoms with E-state index in [1.165, 1.54) is 12.2 Å². The molecule has 0 spiro atoms. The van der Waals surface area contributed by atoms with Crippen molar-refractivity contribution in [3.63, 3.8) is 0 Å². The highest BCUT2D eigenvalue weighted by molar-refractivity contribution is 5.69. The van der Waals surface area contributed by atoms with Gasteiger partial charge in [0.25, 0.3) is 0 Å². The molecule has 88 valence electrons. The Labute approximate surface area is 93.4 Å². The van der Waals surface area contributed by atoms with Gasteiger partial charge in [0.2, 0.25) is 12.2 Å². The topological polar surface area (TPSA) is 85.2 Å². The molecule has 6 nitrogen and oxygen atoms in total. The fourth-order valence-corrected chi connectivity index (χ4v) is 1.01. The standard InChI is InChI=1S/C10H14N2O4/c13-8-11-5-3-1-2-4-10(15)16-7-6-12-9-14/h1-7H2. The second-order valence-corrected chi connectivity index (χ2v) is 2.98. The van der Waals surface area contributed by atoms with Crippen LogP contribution in [0.1, 0.15) is 25.7 Å². The first kappa shape index (κ1) is 14.2. The summed E-state index contributed by atoms with van der Waals surface area (Å²) >= 11 is 0. The lowest BCUT2D eigenvalue weighted by molar-refractivity contribution is -0.143. The molecule has 0 unspecified atom stereocenters. The highest BCUT2D eigenvalue weighted by Gasteiger charge is 2.01. The van der Waals surface area contributed by atoms with E-state index in [0.717, 1.165) is 12.8 Å². The Hall–Kier alpha value is -1.77. The molecule has 0 saturated heterocycles. The number of ether oxygens (including phenoxy) is 1. The summed E-state index contributed by atoms with van der Waals surface area (Å²) in [6.45, 7) is 0.722. The molecule has 0 aliphatic carbocycles. The largest absolute Gasteiger partial charge is 0.464 e. The molecule has 0 fully saturated rings. The van der Waals surface area contributed by atoms with E-state index in [1.54, 1.807) is 0 Å². The number of carbonyl (C=O) groups is 1. The molecule has 0 heterocycles. The predicted octanol–water partition coefficient (Wildman–Crippen LogP) is 0.762. The summed E-state index contributed by atoms with van der Waals surface area (Å²) < 4.78 is 4.77. The Kier molecular flexibility index (Phi) is 10.1. The van der Waals surface area contributed by atoms with Gasteiger partial charge in [0.05, 0.1) is 13.1 Å². The molecular formula is C10H14N2O4. The van der Waals surface area contributed by atoms with Gasteiger partial charge in [-0.3, -0.25) is 4.79 Å². The Morgan fingerprint density at radius 1 is 1.00 bits per heavy atom. The van der Waals surface area contributed by atoms with E-state index in [0.29, 0.717) is 19.4 Å². The number of rotatable bonds is 9. The van der Waals surface area contributed by atoms with Crippen LogP contribution in [-0.4, -0.2) is 37.8 Å². The summed E-state index contributed by atoms with van der Waals surface area (Å²) in [5.74, 6) is -0.306.